The van der Waals surface area contributed by atoms with Crippen LogP contribution in [0.2, 0.25) is 0 Å². The second-order valence-electron chi connectivity index (χ2n) is 3.68. The summed E-state index contributed by atoms with van der Waals surface area (Å²) < 4.78 is 10.1. The summed E-state index contributed by atoms with van der Waals surface area (Å²) in [5.41, 5.74) is 0.930. The first-order valence-electron chi connectivity index (χ1n) is 5.65. The van der Waals surface area contributed by atoms with E-state index in [-0.39, 0.29) is 5.97 Å². The first-order valence-corrected chi connectivity index (χ1v) is 6.29. The summed E-state index contributed by atoms with van der Waals surface area (Å²) in [4.78, 5) is 11.0. The molecule has 0 radical (unpaired) electrons. The van der Waals surface area contributed by atoms with Crippen molar-refractivity contribution >= 4 is 18.6 Å². The van der Waals surface area contributed by atoms with Crippen LogP contribution in [-0.4, -0.2) is 25.4 Å². The van der Waals surface area contributed by atoms with E-state index in [1.165, 1.54) is 7.11 Å². The molecular formula is C13H18O3S. The van der Waals surface area contributed by atoms with Gasteiger partial charge in [-0.3, -0.25) is 4.79 Å². The molecule has 0 N–H and O–H groups in total. The van der Waals surface area contributed by atoms with Gasteiger partial charge in [-0.25, -0.2) is 0 Å². The van der Waals surface area contributed by atoms with Crippen LogP contribution in [0.25, 0.3) is 0 Å². The topological polar surface area (TPSA) is 35.5 Å². The highest BCUT2D eigenvalue weighted by atomic mass is 32.1. The highest BCUT2D eigenvalue weighted by molar-refractivity contribution is 7.80. The van der Waals surface area contributed by atoms with Gasteiger partial charge >= 0.3 is 5.97 Å². The fourth-order valence-corrected chi connectivity index (χ4v) is 1.57. The van der Waals surface area contributed by atoms with E-state index in [4.69, 9.17) is 4.74 Å². The Balaban J connectivity index is 2.36. The minimum absolute atomic E-state index is 0.229. The number of hydrogen-bond donors (Lipinski definition) is 1. The molecule has 0 saturated carbocycles. The van der Waals surface area contributed by atoms with Crippen molar-refractivity contribution in [2.75, 3.05) is 19.5 Å². The van der Waals surface area contributed by atoms with Gasteiger partial charge in [-0.05, 0) is 36.3 Å². The molecule has 4 heteroatoms. The van der Waals surface area contributed by atoms with Crippen molar-refractivity contribution in [3.05, 3.63) is 29.8 Å². The summed E-state index contributed by atoms with van der Waals surface area (Å²) in [5.74, 6) is 1.49. The number of thiol groups is 1. The highest BCUT2D eigenvalue weighted by Gasteiger charge is 2.02. The maximum atomic E-state index is 11.0. The van der Waals surface area contributed by atoms with Gasteiger partial charge in [-0.1, -0.05) is 12.1 Å². The van der Waals surface area contributed by atoms with E-state index >= 15 is 0 Å². The average Bonchev–Trinajstić information content (AvgIpc) is 2.36. The Kier molecular flexibility index (Phi) is 6.55. The lowest BCUT2D eigenvalue weighted by atomic mass is 10.1. The van der Waals surface area contributed by atoms with Gasteiger partial charge in [0, 0.05) is 0 Å². The number of carbonyl (C=O) groups is 1. The second-order valence-corrected chi connectivity index (χ2v) is 4.12. The van der Waals surface area contributed by atoms with E-state index in [0.717, 1.165) is 29.9 Å². The number of hydrogen-bond acceptors (Lipinski definition) is 4. The molecule has 17 heavy (non-hydrogen) atoms. The van der Waals surface area contributed by atoms with Crippen LogP contribution in [0.15, 0.2) is 24.3 Å². The van der Waals surface area contributed by atoms with E-state index < -0.39 is 0 Å². The minimum Gasteiger partial charge on any atom is -0.494 e. The predicted octanol–water partition coefficient (Wildman–Crippen LogP) is 2.49. The summed E-state index contributed by atoms with van der Waals surface area (Å²) in [5, 5.41) is 0. The zero-order valence-corrected chi connectivity index (χ0v) is 10.9. The summed E-state index contributed by atoms with van der Waals surface area (Å²) in [6.45, 7) is 0.705. The Morgan fingerprint density at radius 3 is 2.53 bits per heavy atom. The van der Waals surface area contributed by atoms with Crippen LogP contribution < -0.4 is 4.74 Å². The smallest absolute Gasteiger partial charge is 0.309 e. The molecular weight excluding hydrogens is 236 g/mol. The molecule has 0 aliphatic heterocycles. The molecule has 1 aromatic rings. The van der Waals surface area contributed by atoms with Crippen molar-refractivity contribution in [2.45, 2.75) is 19.3 Å². The Labute approximate surface area is 108 Å². The van der Waals surface area contributed by atoms with Crippen LogP contribution in [0.5, 0.6) is 5.75 Å². The van der Waals surface area contributed by atoms with Crippen molar-refractivity contribution in [1.82, 2.24) is 0 Å². The van der Waals surface area contributed by atoms with Crippen LogP contribution in [-0.2, 0) is 16.0 Å². The molecule has 0 heterocycles. The van der Waals surface area contributed by atoms with Crippen molar-refractivity contribution in [3.63, 3.8) is 0 Å². The molecule has 1 rings (SSSR count). The van der Waals surface area contributed by atoms with Crippen molar-refractivity contribution in [3.8, 4) is 5.75 Å². The normalized spacial score (nSPS) is 10.0. The van der Waals surface area contributed by atoms with E-state index in [0.29, 0.717) is 13.0 Å². The minimum atomic E-state index is -0.229. The first kappa shape index (κ1) is 13.9. The van der Waals surface area contributed by atoms with Crippen molar-refractivity contribution in [2.24, 2.45) is 0 Å². The lowest BCUT2D eigenvalue weighted by molar-refractivity contribution is -0.139. The maximum Gasteiger partial charge on any atom is 0.309 e. The molecule has 0 aliphatic rings. The molecule has 0 bridgehead atoms. The van der Waals surface area contributed by atoms with Crippen LogP contribution in [0.3, 0.4) is 0 Å². The Morgan fingerprint density at radius 2 is 1.94 bits per heavy atom. The number of carbonyl (C=O) groups excluding carboxylic acids is 1. The fourth-order valence-electron chi connectivity index (χ4n) is 1.35. The zero-order chi connectivity index (χ0) is 12.5. The van der Waals surface area contributed by atoms with E-state index in [1.807, 2.05) is 24.3 Å². The third-order valence-corrected chi connectivity index (χ3v) is 2.64. The number of benzene rings is 1. The molecule has 3 nitrogen and oxygen atoms in total. The molecule has 0 aromatic heterocycles. The lowest BCUT2D eigenvalue weighted by Gasteiger charge is -2.06. The van der Waals surface area contributed by atoms with Crippen LogP contribution in [0.4, 0.5) is 0 Å². The van der Waals surface area contributed by atoms with Gasteiger partial charge in [0.25, 0.3) is 0 Å². The van der Waals surface area contributed by atoms with Gasteiger partial charge in [-0.2, -0.15) is 12.6 Å². The molecule has 0 saturated heterocycles. The number of esters is 1. The molecule has 0 spiro atoms. The van der Waals surface area contributed by atoms with Crippen LogP contribution in [0, 0.1) is 0 Å². The molecule has 1 aromatic carbocycles. The lowest BCUT2D eigenvalue weighted by Crippen LogP contribution is -2.04. The van der Waals surface area contributed by atoms with Gasteiger partial charge in [0.05, 0.1) is 20.1 Å². The van der Waals surface area contributed by atoms with Crippen LogP contribution >= 0.6 is 12.6 Å². The summed E-state index contributed by atoms with van der Waals surface area (Å²) in [6.07, 6.45) is 2.37. The predicted molar refractivity (Wildman–Crippen MR) is 70.7 cm³/mol. The summed E-state index contributed by atoms with van der Waals surface area (Å²) in [6, 6.07) is 7.51. The van der Waals surface area contributed by atoms with Gasteiger partial charge < -0.3 is 9.47 Å². The Hall–Kier alpha value is -1.16. The average molecular weight is 254 g/mol. The van der Waals surface area contributed by atoms with E-state index in [9.17, 15) is 4.79 Å². The molecule has 0 aliphatic carbocycles. The summed E-state index contributed by atoms with van der Waals surface area (Å²) >= 11 is 4.14. The molecule has 0 unspecified atom stereocenters. The van der Waals surface area contributed by atoms with Gasteiger partial charge in [0.2, 0.25) is 0 Å². The third-order valence-electron chi connectivity index (χ3n) is 2.32. The van der Waals surface area contributed by atoms with Gasteiger partial charge in [-0.15, -0.1) is 0 Å². The van der Waals surface area contributed by atoms with Crippen molar-refractivity contribution < 1.29 is 14.3 Å². The zero-order valence-electron chi connectivity index (χ0n) is 10.0. The molecule has 0 atom stereocenters. The Morgan fingerprint density at radius 1 is 1.24 bits per heavy atom. The Bertz CT molecular complexity index is 335. The van der Waals surface area contributed by atoms with Crippen LogP contribution in [0.1, 0.15) is 18.4 Å². The van der Waals surface area contributed by atoms with Gasteiger partial charge in [0.1, 0.15) is 5.75 Å². The monoisotopic (exact) mass is 254 g/mol. The van der Waals surface area contributed by atoms with Gasteiger partial charge in [0.15, 0.2) is 0 Å². The van der Waals surface area contributed by atoms with E-state index in [1.54, 1.807) is 0 Å². The summed E-state index contributed by atoms with van der Waals surface area (Å²) in [7, 11) is 1.39. The highest BCUT2D eigenvalue weighted by Crippen LogP contribution is 2.13. The third kappa shape index (κ3) is 5.63. The van der Waals surface area contributed by atoms with Crippen molar-refractivity contribution in [1.29, 1.82) is 0 Å². The SMILES string of the molecule is COC(=O)Cc1ccc(OCCCCS)cc1. The quantitative estimate of drug-likeness (QED) is 0.461. The second kappa shape index (κ2) is 8.01. The molecule has 0 amide bonds. The number of methoxy groups -OCH3 is 1. The maximum absolute atomic E-state index is 11.0. The number of unbranched alkanes of at least 4 members (excludes halogenated alkanes) is 1. The first-order chi connectivity index (χ1) is 8.26. The largest absolute Gasteiger partial charge is 0.494 e. The standard InChI is InChI=1S/C13H18O3S/c1-15-13(14)10-11-4-6-12(7-5-11)16-8-2-3-9-17/h4-7,17H,2-3,8-10H2,1H3. The molecule has 94 valence electrons. The van der Waals surface area contributed by atoms with E-state index in [2.05, 4.69) is 17.4 Å². The molecule has 0 fully saturated rings. The number of ether oxygens (including phenoxy) is 2. The fraction of sp³-hybridized carbons (Fsp3) is 0.462. The number of rotatable bonds is 7.